The summed E-state index contributed by atoms with van der Waals surface area (Å²) in [5.74, 6) is 0.661. The summed E-state index contributed by atoms with van der Waals surface area (Å²) in [4.78, 5) is 11.5. The molecule has 0 aliphatic carbocycles. The normalized spacial score (nSPS) is 11.8. The number of ether oxygens (including phenoxy) is 2. The fraction of sp³-hybridized carbons (Fsp3) is 0.188. The predicted octanol–water partition coefficient (Wildman–Crippen LogP) is 3.50. The van der Waals surface area contributed by atoms with Gasteiger partial charge >= 0.3 is 0 Å². The van der Waals surface area contributed by atoms with Gasteiger partial charge < -0.3 is 19.4 Å². The lowest BCUT2D eigenvalue weighted by Crippen LogP contribution is -2.04. The number of rotatable bonds is 5. The fourth-order valence-corrected chi connectivity index (χ4v) is 2.80. The molecule has 0 saturated heterocycles. The lowest BCUT2D eigenvalue weighted by molar-refractivity contribution is -0.108. The minimum atomic E-state index is -0.573. The summed E-state index contributed by atoms with van der Waals surface area (Å²) in [5.41, 5.74) is 1.28. The number of halogens is 1. The summed E-state index contributed by atoms with van der Waals surface area (Å²) in [6.45, 7) is 0. The van der Waals surface area contributed by atoms with E-state index in [0.29, 0.717) is 21.5 Å². The summed E-state index contributed by atoms with van der Waals surface area (Å²) >= 11 is 3.38. The van der Waals surface area contributed by atoms with Gasteiger partial charge in [-0.3, -0.25) is 0 Å². The number of hydrogen-bond donors (Lipinski definition) is 1. The zero-order valence-corrected chi connectivity index (χ0v) is 13.3. The number of phenols is 1. The summed E-state index contributed by atoms with van der Waals surface area (Å²) in [5, 5.41) is 10.2. The van der Waals surface area contributed by atoms with E-state index in [2.05, 4.69) is 15.9 Å². The van der Waals surface area contributed by atoms with Gasteiger partial charge in [-0.25, -0.2) is 0 Å². The summed E-state index contributed by atoms with van der Waals surface area (Å²) < 4.78 is 10.8. The van der Waals surface area contributed by atoms with Crippen LogP contribution in [0.1, 0.15) is 17.0 Å². The van der Waals surface area contributed by atoms with E-state index in [1.54, 1.807) is 37.4 Å². The Kier molecular flexibility index (Phi) is 4.85. The van der Waals surface area contributed by atoms with Crippen molar-refractivity contribution < 1.29 is 19.4 Å². The maximum Gasteiger partial charge on any atom is 0.132 e. The van der Waals surface area contributed by atoms with Gasteiger partial charge in [0.2, 0.25) is 0 Å². The first-order chi connectivity index (χ1) is 10.1. The van der Waals surface area contributed by atoms with Crippen LogP contribution in [-0.2, 0) is 4.79 Å². The molecule has 2 aromatic rings. The first-order valence-electron chi connectivity index (χ1n) is 6.26. The molecule has 0 bridgehead atoms. The van der Waals surface area contributed by atoms with E-state index in [-0.39, 0.29) is 5.75 Å². The molecule has 5 heteroatoms. The highest BCUT2D eigenvalue weighted by atomic mass is 79.9. The summed E-state index contributed by atoms with van der Waals surface area (Å²) in [6, 6.07) is 10.4. The molecule has 1 unspecified atom stereocenters. The molecule has 0 fully saturated rings. The molecule has 0 aromatic heterocycles. The Hall–Kier alpha value is -2.01. The standard InChI is InChI=1S/C16H15BrO4/c1-20-11-5-3-10(4-6-11)13(9-18)16-14(17)7-12(21-2)8-15(16)19/h3-9,13,19H,1-2H3. The number of phenolic OH excluding ortho intramolecular Hbond substituents is 1. The van der Waals surface area contributed by atoms with Gasteiger partial charge in [-0.1, -0.05) is 28.1 Å². The molecule has 2 aromatic carbocycles. The van der Waals surface area contributed by atoms with Crippen LogP contribution in [0.25, 0.3) is 0 Å². The molecule has 0 radical (unpaired) electrons. The van der Waals surface area contributed by atoms with Crippen molar-refractivity contribution in [1.29, 1.82) is 0 Å². The number of aldehydes is 1. The van der Waals surface area contributed by atoms with E-state index in [1.165, 1.54) is 13.2 Å². The number of carbonyl (C=O) groups excluding carboxylic acids is 1. The van der Waals surface area contributed by atoms with Crippen LogP contribution in [0.3, 0.4) is 0 Å². The van der Waals surface area contributed by atoms with E-state index in [1.807, 2.05) is 0 Å². The van der Waals surface area contributed by atoms with Crippen LogP contribution in [0.5, 0.6) is 17.2 Å². The number of hydrogen-bond acceptors (Lipinski definition) is 4. The highest BCUT2D eigenvalue weighted by Gasteiger charge is 2.21. The van der Waals surface area contributed by atoms with Crippen LogP contribution in [0.15, 0.2) is 40.9 Å². The fourth-order valence-electron chi connectivity index (χ4n) is 2.13. The smallest absolute Gasteiger partial charge is 0.132 e. The van der Waals surface area contributed by atoms with E-state index >= 15 is 0 Å². The monoisotopic (exact) mass is 350 g/mol. The van der Waals surface area contributed by atoms with Crippen LogP contribution in [0, 0.1) is 0 Å². The van der Waals surface area contributed by atoms with Crippen LogP contribution < -0.4 is 9.47 Å². The predicted molar refractivity (Wildman–Crippen MR) is 83.3 cm³/mol. The third kappa shape index (κ3) is 3.19. The molecule has 1 atom stereocenters. The Labute approximate surface area is 131 Å². The van der Waals surface area contributed by atoms with Gasteiger partial charge in [-0.05, 0) is 23.8 Å². The molecule has 110 valence electrons. The Balaban J connectivity index is 2.48. The molecular weight excluding hydrogens is 336 g/mol. The highest BCUT2D eigenvalue weighted by molar-refractivity contribution is 9.10. The van der Waals surface area contributed by atoms with Crippen molar-refractivity contribution in [3.63, 3.8) is 0 Å². The number of carbonyl (C=O) groups is 1. The average Bonchev–Trinajstić information content (AvgIpc) is 2.50. The maximum atomic E-state index is 11.5. The average molecular weight is 351 g/mol. The quantitative estimate of drug-likeness (QED) is 0.838. The zero-order valence-electron chi connectivity index (χ0n) is 11.7. The lowest BCUT2D eigenvalue weighted by atomic mass is 9.92. The van der Waals surface area contributed by atoms with Crippen molar-refractivity contribution in [2.24, 2.45) is 0 Å². The molecule has 0 saturated carbocycles. The second-order valence-electron chi connectivity index (χ2n) is 4.43. The SMILES string of the molecule is COc1ccc(C(C=O)c2c(O)cc(OC)cc2Br)cc1. The Morgan fingerprint density at radius 3 is 2.19 bits per heavy atom. The number of aromatic hydroxyl groups is 1. The highest BCUT2D eigenvalue weighted by Crippen LogP contribution is 2.39. The Morgan fingerprint density at radius 2 is 1.71 bits per heavy atom. The van der Waals surface area contributed by atoms with Gasteiger partial charge in [-0.15, -0.1) is 0 Å². The molecule has 0 aliphatic rings. The van der Waals surface area contributed by atoms with Crippen LogP contribution >= 0.6 is 15.9 Å². The number of methoxy groups -OCH3 is 2. The van der Waals surface area contributed by atoms with E-state index in [9.17, 15) is 9.90 Å². The third-order valence-corrected chi connectivity index (χ3v) is 3.90. The molecule has 0 spiro atoms. The second-order valence-corrected chi connectivity index (χ2v) is 5.28. The van der Waals surface area contributed by atoms with E-state index in [4.69, 9.17) is 9.47 Å². The van der Waals surface area contributed by atoms with Gasteiger partial charge in [0, 0.05) is 16.1 Å². The van der Waals surface area contributed by atoms with Gasteiger partial charge in [-0.2, -0.15) is 0 Å². The van der Waals surface area contributed by atoms with Crippen LogP contribution in [-0.4, -0.2) is 25.6 Å². The molecule has 0 aliphatic heterocycles. The van der Waals surface area contributed by atoms with E-state index < -0.39 is 5.92 Å². The first-order valence-corrected chi connectivity index (χ1v) is 7.05. The molecule has 1 N–H and O–H groups in total. The van der Waals surface area contributed by atoms with Crippen molar-refractivity contribution in [2.75, 3.05) is 14.2 Å². The molecule has 0 amide bonds. The van der Waals surface area contributed by atoms with Crippen molar-refractivity contribution in [1.82, 2.24) is 0 Å². The molecule has 0 heterocycles. The zero-order chi connectivity index (χ0) is 15.4. The topological polar surface area (TPSA) is 55.8 Å². The Morgan fingerprint density at radius 1 is 1.10 bits per heavy atom. The van der Waals surface area contributed by atoms with Crippen molar-refractivity contribution in [3.05, 3.63) is 52.0 Å². The van der Waals surface area contributed by atoms with Gasteiger partial charge in [0.25, 0.3) is 0 Å². The summed E-state index contributed by atoms with van der Waals surface area (Å²) in [7, 11) is 3.10. The summed E-state index contributed by atoms with van der Waals surface area (Å²) in [6.07, 6.45) is 0.800. The lowest BCUT2D eigenvalue weighted by Gasteiger charge is -2.16. The van der Waals surface area contributed by atoms with Crippen molar-refractivity contribution >= 4 is 22.2 Å². The van der Waals surface area contributed by atoms with Gasteiger partial charge in [0.05, 0.1) is 20.1 Å². The van der Waals surface area contributed by atoms with Crippen molar-refractivity contribution in [2.45, 2.75) is 5.92 Å². The number of benzene rings is 2. The van der Waals surface area contributed by atoms with Crippen LogP contribution in [0.2, 0.25) is 0 Å². The molecule has 2 rings (SSSR count). The Bertz CT molecular complexity index is 614. The second kappa shape index (κ2) is 6.63. The first kappa shape index (κ1) is 15.4. The molecule has 21 heavy (non-hydrogen) atoms. The minimum absolute atomic E-state index is 0.00847. The minimum Gasteiger partial charge on any atom is -0.507 e. The molecule has 4 nitrogen and oxygen atoms in total. The van der Waals surface area contributed by atoms with Crippen LogP contribution in [0.4, 0.5) is 0 Å². The van der Waals surface area contributed by atoms with Gasteiger partial charge in [0.1, 0.15) is 23.5 Å². The maximum absolute atomic E-state index is 11.5. The third-order valence-electron chi connectivity index (χ3n) is 3.24. The van der Waals surface area contributed by atoms with Gasteiger partial charge in [0.15, 0.2) is 0 Å². The van der Waals surface area contributed by atoms with Crippen molar-refractivity contribution in [3.8, 4) is 17.2 Å². The van der Waals surface area contributed by atoms with E-state index in [0.717, 1.165) is 11.8 Å². The largest absolute Gasteiger partial charge is 0.507 e. The molecular formula is C16H15BrO4.